The molecule has 0 fully saturated rings. The monoisotopic (exact) mass is 461 g/mol. The SMILES string of the molecule is O=C1NC=C(S(=O)(=O)Nc2cc(-c3c(O)ccc4ccccc34)c(O)c3ccccc23)CN1. The minimum absolute atomic E-state index is 0.0463. The van der Waals surface area contributed by atoms with E-state index in [0.29, 0.717) is 21.7 Å². The number of amides is 2. The standard InChI is InChI=1S/C24H19N3O5S/c28-21-10-9-14-5-1-2-6-16(14)22(21)19-11-20(17-7-3-4-8-18(17)23(19)29)27-33(31,32)15-12-25-24(30)26-13-15/h1-12,27-29H,13H2,(H2,25,26,30). The lowest BCUT2D eigenvalue weighted by Crippen LogP contribution is -2.40. The Morgan fingerprint density at radius 3 is 2.30 bits per heavy atom. The maximum Gasteiger partial charge on any atom is 0.319 e. The number of phenols is 2. The highest BCUT2D eigenvalue weighted by atomic mass is 32.2. The number of phenolic OH excluding ortho intramolecular Hbond substituents is 2. The number of nitrogens with one attached hydrogen (secondary N) is 3. The highest BCUT2D eigenvalue weighted by molar-refractivity contribution is 7.96. The summed E-state index contributed by atoms with van der Waals surface area (Å²) in [6, 6.07) is 18.6. The van der Waals surface area contributed by atoms with Crippen molar-refractivity contribution in [2.75, 3.05) is 11.3 Å². The molecular formula is C24H19N3O5S. The fraction of sp³-hybridized carbons (Fsp3) is 0.0417. The van der Waals surface area contributed by atoms with Crippen molar-refractivity contribution < 1.29 is 23.4 Å². The maximum absolute atomic E-state index is 13.0. The smallest absolute Gasteiger partial charge is 0.319 e. The average molecular weight is 461 g/mol. The van der Waals surface area contributed by atoms with Crippen molar-refractivity contribution in [2.24, 2.45) is 0 Å². The minimum atomic E-state index is -4.03. The van der Waals surface area contributed by atoms with Crippen LogP contribution >= 0.6 is 0 Å². The van der Waals surface area contributed by atoms with Gasteiger partial charge in [-0.05, 0) is 22.9 Å². The molecule has 0 aliphatic carbocycles. The van der Waals surface area contributed by atoms with E-state index in [4.69, 9.17) is 0 Å². The van der Waals surface area contributed by atoms with Crippen LogP contribution in [0.5, 0.6) is 11.5 Å². The molecule has 5 N–H and O–H groups in total. The number of aromatic hydroxyl groups is 2. The summed E-state index contributed by atoms with van der Waals surface area (Å²) < 4.78 is 28.6. The number of carbonyl (C=O) groups is 1. The predicted octanol–water partition coefficient (Wildman–Crippen LogP) is 3.97. The zero-order valence-electron chi connectivity index (χ0n) is 17.2. The molecule has 4 aromatic carbocycles. The maximum atomic E-state index is 13.0. The molecule has 1 aliphatic rings. The summed E-state index contributed by atoms with van der Waals surface area (Å²) in [6.45, 7) is -0.159. The van der Waals surface area contributed by atoms with Gasteiger partial charge in [0.15, 0.2) is 0 Å². The Hall–Kier alpha value is -4.24. The second-order valence-electron chi connectivity index (χ2n) is 7.59. The molecule has 1 heterocycles. The fourth-order valence-electron chi connectivity index (χ4n) is 3.98. The summed E-state index contributed by atoms with van der Waals surface area (Å²) in [6.07, 6.45) is 1.14. The number of benzene rings is 4. The lowest BCUT2D eigenvalue weighted by atomic mass is 9.93. The number of hydrogen-bond donors (Lipinski definition) is 5. The number of fused-ring (bicyclic) bond motifs is 2. The molecule has 0 bridgehead atoms. The van der Waals surface area contributed by atoms with Crippen LogP contribution in [0.3, 0.4) is 0 Å². The molecule has 8 nitrogen and oxygen atoms in total. The molecule has 166 valence electrons. The van der Waals surface area contributed by atoms with Crippen molar-refractivity contribution in [1.82, 2.24) is 10.6 Å². The molecule has 0 atom stereocenters. The van der Waals surface area contributed by atoms with Gasteiger partial charge in [0, 0.05) is 28.1 Å². The quantitative estimate of drug-likeness (QED) is 0.294. The van der Waals surface area contributed by atoms with Crippen LogP contribution in [0.25, 0.3) is 32.7 Å². The van der Waals surface area contributed by atoms with Gasteiger partial charge in [0.1, 0.15) is 16.4 Å². The number of carbonyl (C=O) groups excluding carboxylic acids is 1. The molecule has 4 aromatic rings. The van der Waals surface area contributed by atoms with Gasteiger partial charge in [0.05, 0.1) is 12.2 Å². The van der Waals surface area contributed by atoms with Crippen LogP contribution in [-0.2, 0) is 10.0 Å². The topological polar surface area (TPSA) is 128 Å². The van der Waals surface area contributed by atoms with Crippen LogP contribution in [0.15, 0.2) is 77.8 Å². The predicted molar refractivity (Wildman–Crippen MR) is 127 cm³/mol. The van der Waals surface area contributed by atoms with E-state index < -0.39 is 16.1 Å². The summed E-state index contributed by atoms with van der Waals surface area (Å²) in [7, 11) is -4.03. The zero-order chi connectivity index (χ0) is 23.2. The van der Waals surface area contributed by atoms with E-state index >= 15 is 0 Å². The molecule has 2 amide bonds. The third-order valence-electron chi connectivity index (χ3n) is 5.57. The molecule has 0 unspecified atom stereocenters. The molecule has 0 saturated carbocycles. The van der Waals surface area contributed by atoms with Gasteiger partial charge in [-0.15, -0.1) is 0 Å². The normalized spacial score (nSPS) is 13.9. The third-order valence-corrected chi connectivity index (χ3v) is 7.01. The first kappa shape index (κ1) is 20.7. The van der Waals surface area contributed by atoms with Crippen LogP contribution in [0.1, 0.15) is 0 Å². The largest absolute Gasteiger partial charge is 0.507 e. The Kier molecular flexibility index (Phi) is 4.83. The van der Waals surface area contributed by atoms with Gasteiger partial charge in [-0.3, -0.25) is 4.72 Å². The lowest BCUT2D eigenvalue weighted by molar-refractivity contribution is 0.244. The Morgan fingerprint density at radius 1 is 0.879 bits per heavy atom. The second kappa shape index (κ2) is 7.72. The van der Waals surface area contributed by atoms with Crippen molar-refractivity contribution >= 4 is 43.3 Å². The fourth-order valence-corrected chi connectivity index (χ4v) is 5.04. The van der Waals surface area contributed by atoms with Gasteiger partial charge in [0.25, 0.3) is 10.0 Å². The number of hydrogen-bond acceptors (Lipinski definition) is 5. The first-order valence-electron chi connectivity index (χ1n) is 10.1. The van der Waals surface area contributed by atoms with E-state index in [2.05, 4.69) is 15.4 Å². The number of sulfonamides is 1. The second-order valence-corrected chi connectivity index (χ2v) is 9.33. The van der Waals surface area contributed by atoms with Crippen LogP contribution < -0.4 is 15.4 Å². The minimum Gasteiger partial charge on any atom is -0.507 e. The first-order chi connectivity index (χ1) is 15.8. The van der Waals surface area contributed by atoms with E-state index in [1.807, 2.05) is 24.3 Å². The van der Waals surface area contributed by atoms with E-state index in [1.165, 1.54) is 12.1 Å². The van der Waals surface area contributed by atoms with Crippen LogP contribution in [0.4, 0.5) is 10.5 Å². The molecule has 5 rings (SSSR count). The van der Waals surface area contributed by atoms with E-state index in [9.17, 15) is 23.4 Å². The molecular weight excluding hydrogens is 442 g/mol. The molecule has 9 heteroatoms. The lowest BCUT2D eigenvalue weighted by Gasteiger charge is -2.19. The Balaban J connectivity index is 1.74. The molecule has 33 heavy (non-hydrogen) atoms. The van der Waals surface area contributed by atoms with Gasteiger partial charge in [-0.25, -0.2) is 13.2 Å². The summed E-state index contributed by atoms with van der Waals surface area (Å²) in [5.74, 6) is -0.124. The van der Waals surface area contributed by atoms with Gasteiger partial charge >= 0.3 is 6.03 Å². The van der Waals surface area contributed by atoms with Gasteiger partial charge < -0.3 is 20.8 Å². The highest BCUT2D eigenvalue weighted by Gasteiger charge is 2.24. The van der Waals surface area contributed by atoms with Gasteiger partial charge in [0.2, 0.25) is 0 Å². The number of anilines is 1. The van der Waals surface area contributed by atoms with E-state index in [1.54, 1.807) is 30.3 Å². The highest BCUT2D eigenvalue weighted by Crippen LogP contribution is 2.46. The number of rotatable bonds is 4. The first-order valence-corrected chi connectivity index (χ1v) is 11.6. The van der Waals surface area contributed by atoms with Crippen LogP contribution in [0.2, 0.25) is 0 Å². The summed E-state index contributed by atoms with van der Waals surface area (Å²) in [4.78, 5) is 11.3. The summed E-state index contributed by atoms with van der Waals surface area (Å²) in [5.41, 5.74) is 0.899. The average Bonchev–Trinajstić information content (AvgIpc) is 2.81. The van der Waals surface area contributed by atoms with Crippen molar-refractivity contribution in [3.8, 4) is 22.6 Å². The molecule has 0 radical (unpaired) electrons. The number of urea groups is 1. The zero-order valence-corrected chi connectivity index (χ0v) is 18.0. The Labute approximate surface area is 189 Å². The van der Waals surface area contributed by atoms with Gasteiger partial charge in [-0.2, -0.15) is 0 Å². The third kappa shape index (κ3) is 3.58. The summed E-state index contributed by atoms with van der Waals surface area (Å²) >= 11 is 0. The Morgan fingerprint density at radius 2 is 1.58 bits per heavy atom. The van der Waals surface area contributed by atoms with Crippen LogP contribution in [-0.4, -0.2) is 31.2 Å². The van der Waals surface area contributed by atoms with Crippen molar-refractivity contribution in [1.29, 1.82) is 0 Å². The van der Waals surface area contributed by atoms with Crippen molar-refractivity contribution in [2.45, 2.75) is 0 Å². The van der Waals surface area contributed by atoms with E-state index in [-0.39, 0.29) is 34.2 Å². The molecule has 0 spiro atoms. The van der Waals surface area contributed by atoms with Gasteiger partial charge in [-0.1, -0.05) is 54.6 Å². The van der Waals surface area contributed by atoms with Crippen LogP contribution in [0, 0.1) is 0 Å². The van der Waals surface area contributed by atoms with Crippen molar-refractivity contribution in [3.05, 3.63) is 77.8 Å². The molecule has 1 aliphatic heterocycles. The molecule has 0 saturated heterocycles. The van der Waals surface area contributed by atoms with E-state index in [0.717, 1.165) is 11.6 Å². The summed E-state index contributed by atoms with van der Waals surface area (Å²) in [5, 5.41) is 29.1. The van der Waals surface area contributed by atoms with Crippen molar-refractivity contribution in [3.63, 3.8) is 0 Å². The Bertz CT molecular complexity index is 1580. The molecule has 0 aromatic heterocycles.